The highest BCUT2D eigenvalue weighted by molar-refractivity contribution is 5.92. The van der Waals surface area contributed by atoms with Gasteiger partial charge < -0.3 is 19.3 Å². The second-order valence-corrected chi connectivity index (χ2v) is 8.83. The van der Waals surface area contributed by atoms with Crippen LogP contribution in [0.25, 0.3) is 0 Å². The second-order valence-electron chi connectivity index (χ2n) is 8.83. The smallest absolute Gasteiger partial charge is 0.410 e. The zero-order valence-corrected chi connectivity index (χ0v) is 19.8. The summed E-state index contributed by atoms with van der Waals surface area (Å²) in [4.78, 5) is 46.3. The first kappa shape index (κ1) is 24.9. The van der Waals surface area contributed by atoms with Crippen molar-refractivity contribution in [2.45, 2.75) is 32.9 Å². The van der Waals surface area contributed by atoms with Gasteiger partial charge in [-0.2, -0.15) is 0 Å². The molecule has 0 atom stereocenters. The molecule has 3 amide bonds. The normalized spacial score (nSPS) is 13.9. The van der Waals surface area contributed by atoms with E-state index in [-0.39, 0.29) is 18.1 Å². The van der Waals surface area contributed by atoms with E-state index < -0.39 is 23.5 Å². The molecule has 0 N–H and O–H groups in total. The van der Waals surface area contributed by atoms with E-state index in [0.29, 0.717) is 37.6 Å². The zero-order chi connectivity index (χ0) is 24.9. The van der Waals surface area contributed by atoms with Crippen LogP contribution < -0.4 is 4.90 Å². The average Bonchev–Trinajstić information content (AvgIpc) is 2.81. The van der Waals surface area contributed by atoms with Gasteiger partial charge in [-0.1, -0.05) is 6.07 Å². The minimum Gasteiger partial charge on any atom is -0.465 e. The van der Waals surface area contributed by atoms with Crippen LogP contribution in [-0.4, -0.2) is 71.8 Å². The van der Waals surface area contributed by atoms with Crippen molar-refractivity contribution in [3.05, 3.63) is 59.7 Å². The number of ether oxygens (including phenoxy) is 2. The summed E-state index contributed by atoms with van der Waals surface area (Å²) < 4.78 is 24.0. The maximum absolute atomic E-state index is 14.0. The Labute approximate surface area is 198 Å². The molecular weight excluding hydrogens is 443 g/mol. The number of amides is 3. The van der Waals surface area contributed by atoms with Gasteiger partial charge >= 0.3 is 18.1 Å². The third kappa shape index (κ3) is 6.43. The van der Waals surface area contributed by atoms with Crippen molar-refractivity contribution >= 4 is 23.8 Å². The number of hydrogen-bond acceptors (Lipinski definition) is 6. The first-order valence-corrected chi connectivity index (χ1v) is 10.9. The van der Waals surface area contributed by atoms with Crippen molar-refractivity contribution in [1.29, 1.82) is 0 Å². The standard InChI is InChI=1S/C24H29FN4O5/c1-24(2,3)34-23(32)28-12-10-27(11-13-28)22(31)29(20-7-5-6-18(25)14-20)16-19-9-8-17(15-26-19)21(30)33-4/h5-9,14-15H,10-13,16H2,1-4H3. The Balaban J connectivity index is 1.75. The van der Waals surface area contributed by atoms with Gasteiger partial charge in [0.2, 0.25) is 0 Å². The van der Waals surface area contributed by atoms with Crippen LogP contribution in [0, 0.1) is 5.82 Å². The van der Waals surface area contributed by atoms with Crippen LogP contribution in [0.4, 0.5) is 19.7 Å². The summed E-state index contributed by atoms with van der Waals surface area (Å²) >= 11 is 0. The third-order valence-corrected chi connectivity index (χ3v) is 5.12. The molecule has 0 radical (unpaired) electrons. The molecule has 2 heterocycles. The van der Waals surface area contributed by atoms with Gasteiger partial charge in [-0.3, -0.25) is 9.88 Å². The number of pyridine rings is 1. The number of benzene rings is 1. The molecule has 1 aliphatic heterocycles. The highest BCUT2D eigenvalue weighted by Gasteiger charge is 2.30. The Morgan fingerprint density at radius 1 is 1.06 bits per heavy atom. The molecule has 0 unspecified atom stereocenters. The van der Waals surface area contributed by atoms with E-state index in [1.165, 1.54) is 36.4 Å². The summed E-state index contributed by atoms with van der Waals surface area (Å²) in [6.07, 6.45) is 0.950. The minimum atomic E-state index is -0.603. The monoisotopic (exact) mass is 472 g/mol. The molecular formula is C24H29FN4O5. The summed E-state index contributed by atoms with van der Waals surface area (Å²) in [7, 11) is 1.28. The summed E-state index contributed by atoms with van der Waals surface area (Å²) in [6, 6.07) is 8.58. The van der Waals surface area contributed by atoms with Crippen molar-refractivity contribution in [1.82, 2.24) is 14.8 Å². The lowest BCUT2D eigenvalue weighted by Crippen LogP contribution is -2.54. The fraction of sp³-hybridized carbons (Fsp3) is 0.417. The molecule has 3 rings (SSSR count). The maximum atomic E-state index is 14.0. The van der Waals surface area contributed by atoms with E-state index in [0.717, 1.165) is 0 Å². The molecule has 2 aromatic rings. The van der Waals surface area contributed by atoms with Crippen LogP contribution >= 0.6 is 0 Å². The fourth-order valence-electron chi connectivity index (χ4n) is 3.41. The lowest BCUT2D eigenvalue weighted by atomic mass is 10.2. The predicted octanol–water partition coefficient (Wildman–Crippen LogP) is 3.69. The molecule has 1 fully saturated rings. The molecule has 1 aromatic carbocycles. The molecule has 1 aromatic heterocycles. The van der Waals surface area contributed by atoms with Crippen molar-refractivity contribution in [2.24, 2.45) is 0 Å². The van der Waals surface area contributed by atoms with E-state index in [1.54, 1.807) is 48.8 Å². The number of carbonyl (C=O) groups excluding carboxylic acids is 3. The number of carbonyl (C=O) groups is 3. The first-order valence-electron chi connectivity index (χ1n) is 10.9. The number of piperazine rings is 1. The number of aromatic nitrogens is 1. The molecule has 10 heteroatoms. The number of hydrogen-bond donors (Lipinski definition) is 0. The molecule has 0 saturated carbocycles. The Bertz CT molecular complexity index is 1030. The van der Waals surface area contributed by atoms with Gasteiger partial charge in [0.1, 0.15) is 11.4 Å². The lowest BCUT2D eigenvalue weighted by molar-refractivity contribution is 0.0172. The summed E-state index contributed by atoms with van der Waals surface area (Å²) in [5.41, 5.74) is 0.568. The Kier molecular flexibility index (Phi) is 7.70. The molecule has 0 spiro atoms. The van der Waals surface area contributed by atoms with Crippen molar-refractivity contribution in [3.63, 3.8) is 0 Å². The Morgan fingerprint density at radius 2 is 1.74 bits per heavy atom. The highest BCUT2D eigenvalue weighted by Crippen LogP contribution is 2.21. The number of anilines is 1. The van der Waals surface area contributed by atoms with E-state index in [4.69, 9.17) is 4.74 Å². The van der Waals surface area contributed by atoms with Crippen LogP contribution in [0.5, 0.6) is 0 Å². The van der Waals surface area contributed by atoms with Gasteiger partial charge in [-0.15, -0.1) is 0 Å². The molecule has 182 valence electrons. The van der Waals surface area contributed by atoms with Crippen LogP contribution in [-0.2, 0) is 16.0 Å². The number of rotatable bonds is 4. The number of methoxy groups -OCH3 is 1. The number of halogens is 1. The van der Waals surface area contributed by atoms with Gasteiger partial charge in [0.05, 0.1) is 24.9 Å². The lowest BCUT2D eigenvalue weighted by Gasteiger charge is -2.38. The van der Waals surface area contributed by atoms with Gasteiger partial charge in [-0.25, -0.2) is 18.8 Å². The number of esters is 1. The third-order valence-electron chi connectivity index (χ3n) is 5.12. The largest absolute Gasteiger partial charge is 0.465 e. The first-order chi connectivity index (χ1) is 16.1. The fourth-order valence-corrected chi connectivity index (χ4v) is 3.41. The van der Waals surface area contributed by atoms with Crippen molar-refractivity contribution < 1.29 is 28.2 Å². The average molecular weight is 473 g/mol. The molecule has 0 aliphatic carbocycles. The van der Waals surface area contributed by atoms with E-state index >= 15 is 0 Å². The quantitative estimate of drug-likeness (QED) is 0.631. The van der Waals surface area contributed by atoms with E-state index in [9.17, 15) is 18.8 Å². The highest BCUT2D eigenvalue weighted by atomic mass is 19.1. The zero-order valence-electron chi connectivity index (χ0n) is 19.8. The van der Waals surface area contributed by atoms with Gasteiger partial charge in [0, 0.05) is 38.1 Å². The molecule has 34 heavy (non-hydrogen) atoms. The number of urea groups is 1. The summed E-state index contributed by atoms with van der Waals surface area (Å²) in [5.74, 6) is -0.987. The summed E-state index contributed by atoms with van der Waals surface area (Å²) in [6.45, 7) is 6.72. The van der Waals surface area contributed by atoms with Crippen molar-refractivity contribution in [2.75, 3.05) is 38.2 Å². The molecule has 1 aliphatic rings. The Morgan fingerprint density at radius 3 is 2.29 bits per heavy atom. The van der Waals surface area contributed by atoms with Crippen molar-refractivity contribution in [3.8, 4) is 0 Å². The summed E-state index contributed by atoms with van der Waals surface area (Å²) in [5, 5.41) is 0. The molecule has 0 bridgehead atoms. The topological polar surface area (TPSA) is 92.3 Å². The maximum Gasteiger partial charge on any atom is 0.410 e. The van der Waals surface area contributed by atoms with Crippen LogP contribution in [0.3, 0.4) is 0 Å². The predicted molar refractivity (Wildman–Crippen MR) is 123 cm³/mol. The van der Waals surface area contributed by atoms with Crippen LogP contribution in [0.15, 0.2) is 42.6 Å². The molecule has 9 nitrogen and oxygen atoms in total. The number of nitrogens with zero attached hydrogens (tertiary/aromatic N) is 4. The van der Waals surface area contributed by atoms with E-state index in [1.807, 2.05) is 0 Å². The van der Waals surface area contributed by atoms with Gasteiger partial charge in [0.25, 0.3) is 0 Å². The van der Waals surface area contributed by atoms with Gasteiger partial charge in [-0.05, 0) is 51.1 Å². The van der Waals surface area contributed by atoms with Crippen LogP contribution in [0.2, 0.25) is 0 Å². The minimum absolute atomic E-state index is 0.0655. The molecule has 1 saturated heterocycles. The Hall–Kier alpha value is -3.69. The van der Waals surface area contributed by atoms with Gasteiger partial charge in [0.15, 0.2) is 0 Å². The SMILES string of the molecule is COC(=O)c1ccc(CN(C(=O)N2CCN(C(=O)OC(C)(C)C)CC2)c2cccc(F)c2)nc1. The van der Waals surface area contributed by atoms with E-state index in [2.05, 4.69) is 9.72 Å². The van der Waals surface area contributed by atoms with Crippen LogP contribution in [0.1, 0.15) is 36.8 Å². The second kappa shape index (κ2) is 10.5.